The normalized spacial score (nSPS) is 11.3. The van der Waals surface area contributed by atoms with Gasteiger partial charge in [0.05, 0.1) is 23.4 Å². The highest BCUT2D eigenvalue weighted by Crippen LogP contribution is 2.28. The predicted octanol–water partition coefficient (Wildman–Crippen LogP) is 4.92. The number of anilines is 1. The third-order valence-corrected chi connectivity index (χ3v) is 7.21. The Bertz CT molecular complexity index is 1400. The van der Waals surface area contributed by atoms with Crippen molar-refractivity contribution in [2.24, 2.45) is 5.10 Å². The zero-order valence-electron chi connectivity index (χ0n) is 22.1. The number of nitrogens with zero attached hydrogens (tertiary/aromatic N) is 2. The topological polar surface area (TPSA) is 97.3 Å². The van der Waals surface area contributed by atoms with Crippen LogP contribution in [0.25, 0.3) is 0 Å². The van der Waals surface area contributed by atoms with Crippen molar-refractivity contribution in [1.29, 1.82) is 0 Å². The first-order chi connectivity index (χ1) is 18.1. The minimum absolute atomic E-state index is 0.0979. The molecule has 0 aliphatic carbocycles. The van der Waals surface area contributed by atoms with E-state index in [1.165, 1.54) is 18.3 Å². The summed E-state index contributed by atoms with van der Waals surface area (Å²) in [6.07, 6.45) is 3.09. The molecule has 3 aromatic carbocycles. The minimum Gasteiger partial charge on any atom is -0.490 e. The first-order valence-corrected chi connectivity index (χ1v) is 13.6. The lowest BCUT2D eigenvalue weighted by molar-refractivity contribution is -0.119. The first-order valence-electron chi connectivity index (χ1n) is 12.1. The standard InChI is InChI=1S/C29H33N3O5S/c1-6-14-37-27-13-10-24(18-28(27)36-7-2)19-30-31-29(33)20-32(25-16-22(4)15-23(5)17-25)38(34,35)26-11-8-21(3)9-12-26/h6,8-13,15-19H,1,7,14,20H2,2-5H3,(H,31,33)/b30-19-. The highest BCUT2D eigenvalue weighted by atomic mass is 32.2. The smallest absolute Gasteiger partial charge is 0.264 e. The third kappa shape index (κ3) is 7.45. The van der Waals surface area contributed by atoms with Crippen molar-refractivity contribution in [3.8, 4) is 11.5 Å². The van der Waals surface area contributed by atoms with Gasteiger partial charge in [-0.3, -0.25) is 9.10 Å². The number of aryl methyl sites for hydroxylation is 3. The number of nitrogens with one attached hydrogen (secondary N) is 1. The van der Waals surface area contributed by atoms with E-state index in [4.69, 9.17) is 9.47 Å². The van der Waals surface area contributed by atoms with E-state index < -0.39 is 22.5 Å². The zero-order valence-corrected chi connectivity index (χ0v) is 22.9. The molecule has 1 N–H and O–H groups in total. The second-order valence-electron chi connectivity index (χ2n) is 8.70. The molecule has 0 spiro atoms. The van der Waals surface area contributed by atoms with Crippen molar-refractivity contribution in [2.45, 2.75) is 32.6 Å². The predicted molar refractivity (Wildman–Crippen MR) is 151 cm³/mol. The van der Waals surface area contributed by atoms with Crippen molar-refractivity contribution in [3.05, 3.63) is 95.6 Å². The number of amides is 1. The number of hydrogen-bond donors (Lipinski definition) is 1. The summed E-state index contributed by atoms with van der Waals surface area (Å²) in [6, 6.07) is 17.2. The molecule has 0 aliphatic heterocycles. The molecule has 1 amide bonds. The molecule has 0 aromatic heterocycles. The number of ether oxygens (including phenoxy) is 2. The second-order valence-corrected chi connectivity index (χ2v) is 10.6. The summed E-state index contributed by atoms with van der Waals surface area (Å²) in [7, 11) is -4.02. The number of carbonyl (C=O) groups is 1. The monoisotopic (exact) mass is 535 g/mol. The molecule has 0 saturated heterocycles. The molecule has 3 rings (SSSR count). The quantitative estimate of drug-likeness (QED) is 0.202. The van der Waals surface area contributed by atoms with E-state index in [-0.39, 0.29) is 4.90 Å². The van der Waals surface area contributed by atoms with Crippen molar-refractivity contribution in [1.82, 2.24) is 5.43 Å². The Labute approximate surface area is 224 Å². The van der Waals surface area contributed by atoms with Crippen LogP contribution in [0, 0.1) is 20.8 Å². The van der Waals surface area contributed by atoms with Gasteiger partial charge in [0, 0.05) is 0 Å². The minimum atomic E-state index is -4.02. The molecule has 0 heterocycles. The largest absolute Gasteiger partial charge is 0.490 e. The maximum absolute atomic E-state index is 13.6. The summed E-state index contributed by atoms with van der Waals surface area (Å²) in [4.78, 5) is 13.0. The van der Waals surface area contributed by atoms with Gasteiger partial charge >= 0.3 is 0 Å². The lowest BCUT2D eigenvalue weighted by Gasteiger charge is -2.24. The Hall–Kier alpha value is -4.11. The van der Waals surface area contributed by atoms with Crippen LogP contribution in [0.1, 0.15) is 29.2 Å². The number of carbonyl (C=O) groups excluding carboxylic acids is 1. The third-order valence-electron chi connectivity index (χ3n) is 5.42. The molecule has 9 heteroatoms. The summed E-state index contributed by atoms with van der Waals surface area (Å²) in [5.41, 5.74) is 6.20. The van der Waals surface area contributed by atoms with Gasteiger partial charge in [-0.1, -0.05) is 36.4 Å². The van der Waals surface area contributed by atoms with E-state index in [2.05, 4.69) is 17.1 Å². The number of sulfonamides is 1. The van der Waals surface area contributed by atoms with Gasteiger partial charge in [0.1, 0.15) is 13.2 Å². The summed E-state index contributed by atoms with van der Waals surface area (Å²) >= 11 is 0. The Morgan fingerprint density at radius 1 is 0.947 bits per heavy atom. The van der Waals surface area contributed by atoms with Crippen LogP contribution in [-0.2, 0) is 14.8 Å². The maximum Gasteiger partial charge on any atom is 0.264 e. The molecule has 0 saturated carbocycles. The fourth-order valence-electron chi connectivity index (χ4n) is 3.73. The fourth-order valence-corrected chi connectivity index (χ4v) is 5.14. The van der Waals surface area contributed by atoms with Crippen molar-refractivity contribution < 1.29 is 22.7 Å². The molecule has 0 bridgehead atoms. The van der Waals surface area contributed by atoms with E-state index in [0.717, 1.165) is 21.0 Å². The number of hydrogen-bond acceptors (Lipinski definition) is 6. The fraction of sp³-hybridized carbons (Fsp3) is 0.241. The van der Waals surface area contributed by atoms with E-state index in [9.17, 15) is 13.2 Å². The van der Waals surface area contributed by atoms with E-state index >= 15 is 0 Å². The number of hydrazone groups is 1. The lowest BCUT2D eigenvalue weighted by atomic mass is 10.1. The zero-order chi connectivity index (χ0) is 27.7. The number of rotatable bonds is 12. The van der Waals surface area contributed by atoms with E-state index in [1.807, 2.05) is 33.8 Å². The van der Waals surface area contributed by atoms with Crippen LogP contribution in [0.5, 0.6) is 11.5 Å². The highest BCUT2D eigenvalue weighted by Gasteiger charge is 2.27. The van der Waals surface area contributed by atoms with Gasteiger partial charge in [-0.05, 0) is 86.8 Å². The van der Waals surface area contributed by atoms with Gasteiger partial charge in [-0.2, -0.15) is 5.10 Å². The van der Waals surface area contributed by atoms with Crippen molar-refractivity contribution >= 4 is 27.8 Å². The summed E-state index contributed by atoms with van der Waals surface area (Å²) in [5.74, 6) is 0.514. The van der Waals surface area contributed by atoms with Crippen molar-refractivity contribution in [3.63, 3.8) is 0 Å². The highest BCUT2D eigenvalue weighted by molar-refractivity contribution is 7.92. The summed E-state index contributed by atoms with van der Waals surface area (Å²) < 4.78 is 39.5. The molecule has 0 fully saturated rings. The van der Waals surface area contributed by atoms with Gasteiger partial charge in [-0.15, -0.1) is 0 Å². The van der Waals surface area contributed by atoms with Gasteiger partial charge in [0.25, 0.3) is 15.9 Å². The molecular formula is C29H33N3O5S. The van der Waals surface area contributed by atoms with Crippen molar-refractivity contribution in [2.75, 3.05) is 24.1 Å². The van der Waals surface area contributed by atoms with Crippen LogP contribution in [0.2, 0.25) is 0 Å². The Morgan fingerprint density at radius 3 is 2.26 bits per heavy atom. The van der Waals surface area contributed by atoms with Crippen LogP contribution >= 0.6 is 0 Å². The molecule has 0 aliphatic rings. The van der Waals surface area contributed by atoms with Gasteiger partial charge in [0.2, 0.25) is 0 Å². The number of benzene rings is 3. The maximum atomic E-state index is 13.6. The molecule has 0 atom stereocenters. The molecule has 0 unspecified atom stereocenters. The van der Waals surface area contributed by atoms with Crippen LogP contribution in [0.3, 0.4) is 0 Å². The Kier molecular flexibility index (Phi) is 9.67. The Morgan fingerprint density at radius 2 is 1.63 bits per heavy atom. The van der Waals surface area contributed by atoms with E-state index in [0.29, 0.717) is 36.0 Å². The average molecular weight is 536 g/mol. The molecular weight excluding hydrogens is 502 g/mol. The SMILES string of the molecule is C=CCOc1ccc(/C=N\NC(=O)CN(c2cc(C)cc(C)c2)S(=O)(=O)c2ccc(C)cc2)cc1OCC. The lowest BCUT2D eigenvalue weighted by Crippen LogP contribution is -2.39. The molecule has 3 aromatic rings. The second kappa shape index (κ2) is 12.9. The van der Waals surface area contributed by atoms with Gasteiger partial charge in [0.15, 0.2) is 11.5 Å². The van der Waals surface area contributed by atoms with Gasteiger partial charge < -0.3 is 9.47 Å². The van der Waals surface area contributed by atoms with Gasteiger partial charge in [-0.25, -0.2) is 13.8 Å². The Balaban J connectivity index is 1.82. The molecule has 38 heavy (non-hydrogen) atoms. The summed E-state index contributed by atoms with van der Waals surface area (Å²) in [6.45, 7) is 11.5. The van der Waals surface area contributed by atoms with Crippen LogP contribution in [-0.4, -0.2) is 40.3 Å². The van der Waals surface area contributed by atoms with Crippen LogP contribution in [0.4, 0.5) is 5.69 Å². The van der Waals surface area contributed by atoms with Crippen LogP contribution in [0.15, 0.2) is 83.3 Å². The average Bonchev–Trinajstić information content (AvgIpc) is 2.86. The first kappa shape index (κ1) is 28.5. The molecule has 8 nitrogen and oxygen atoms in total. The van der Waals surface area contributed by atoms with Crippen LogP contribution < -0.4 is 19.2 Å². The van der Waals surface area contributed by atoms with E-state index in [1.54, 1.807) is 48.5 Å². The molecule has 0 radical (unpaired) electrons. The summed E-state index contributed by atoms with van der Waals surface area (Å²) in [5, 5.41) is 4.02. The molecule has 200 valence electrons.